The van der Waals surface area contributed by atoms with Gasteiger partial charge in [-0.3, -0.25) is 0 Å². The largest absolute Gasteiger partial charge is 0.493 e. The number of hydrogen-bond acceptors (Lipinski definition) is 4. The zero-order chi connectivity index (χ0) is 20.9. The van der Waals surface area contributed by atoms with Crippen LogP contribution in [0, 0.1) is 0 Å². The Balaban J connectivity index is 1.80. The molecule has 3 rings (SSSR count). The van der Waals surface area contributed by atoms with Gasteiger partial charge < -0.3 is 24.8 Å². The molecule has 0 aliphatic carbocycles. The summed E-state index contributed by atoms with van der Waals surface area (Å²) in [6.45, 7) is 7.61. The third-order valence-corrected chi connectivity index (χ3v) is 4.90. The molecule has 0 bridgehead atoms. The van der Waals surface area contributed by atoms with Gasteiger partial charge in [-0.1, -0.05) is 24.3 Å². The number of guanidine groups is 1. The van der Waals surface area contributed by atoms with Crippen molar-refractivity contribution in [3.05, 3.63) is 53.6 Å². The minimum atomic E-state index is -0.243. The van der Waals surface area contributed by atoms with E-state index in [0.29, 0.717) is 18.0 Å². The molecule has 0 aromatic heterocycles. The van der Waals surface area contributed by atoms with Crippen molar-refractivity contribution in [2.45, 2.75) is 45.4 Å². The second kappa shape index (κ2) is 9.07. The third-order valence-electron chi connectivity index (χ3n) is 4.90. The Morgan fingerprint density at radius 3 is 2.62 bits per heavy atom. The molecule has 2 aromatic rings. The van der Waals surface area contributed by atoms with E-state index in [0.717, 1.165) is 35.8 Å². The van der Waals surface area contributed by atoms with Crippen molar-refractivity contribution in [2.75, 3.05) is 20.8 Å². The van der Waals surface area contributed by atoms with Crippen molar-refractivity contribution in [3.8, 4) is 17.2 Å². The Kier molecular flexibility index (Phi) is 6.52. The summed E-state index contributed by atoms with van der Waals surface area (Å²) in [5, 5.41) is 6.94. The lowest BCUT2D eigenvalue weighted by Crippen LogP contribution is -2.45. The highest BCUT2D eigenvalue weighted by atomic mass is 16.5. The van der Waals surface area contributed by atoms with Gasteiger partial charge in [-0.15, -0.1) is 0 Å². The van der Waals surface area contributed by atoms with Crippen molar-refractivity contribution < 1.29 is 14.2 Å². The molecule has 0 fully saturated rings. The minimum Gasteiger partial charge on any atom is -0.493 e. The molecule has 6 nitrogen and oxygen atoms in total. The van der Waals surface area contributed by atoms with Crippen LogP contribution in [0.25, 0.3) is 0 Å². The Hall–Kier alpha value is -2.89. The first kappa shape index (κ1) is 20.8. The van der Waals surface area contributed by atoms with Gasteiger partial charge in [0.15, 0.2) is 17.5 Å². The van der Waals surface area contributed by atoms with Gasteiger partial charge in [0.25, 0.3) is 0 Å². The molecule has 1 unspecified atom stereocenters. The first-order chi connectivity index (χ1) is 14.0. The number of fused-ring (bicyclic) bond motifs is 1. The van der Waals surface area contributed by atoms with Crippen LogP contribution in [0.4, 0.5) is 0 Å². The van der Waals surface area contributed by atoms with Gasteiger partial charge >= 0.3 is 0 Å². The Morgan fingerprint density at radius 2 is 1.90 bits per heavy atom. The summed E-state index contributed by atoms with van der Waals surface area (Å²) in [6.07, 6.45) is 0.852. The number of aliphatic imine (C=N–C) groups is 1. The number of benzene rings is 2. The predicted octanol–water partition coefficient (Wildman–Crippen LogP) is 4.06. The van der Waals surface area contributed by atoms with E-state index in [1.165, 1.54) is 0 Å². The van der Waals surface area contributed by atoms with E-state index in [1.54, 1.807) is 14.2 Å². The minimum absolute atomic E-state index is 0.123. The maximum absolute atomic E-state index is 6.14. The van der Waals surface area contributed by atoms with E-state index in [9.17, 15) is 0 Å². The lowest BCUT2D eigenvalue weighted by molar-refractivity contribution is 0.0694. The highest BCUT2D eigenvalue weighted by molar-refractivity contribution is 5.80. The topological polar surface area (TPSA) is 64.1 Å². The molecule has 1 aliphatic rings. The molecule has 1 atom stereocenters. The number of hydrogen-bond donors (Lipinski definition) is 2. The van der Waals surface area contributed by atoms with Gasteiger partial charge in [0, 0.05) is 18.5 Å². The normalized spacial score (nSPS) is 17.7. The average Bonchev–Trinajstić information content (AvgIpc) is 2.71. The summed E-state index contributed by atoms with van der Waals surface area (Å²) in [7, 11) is 3.27. The van der Waals surface area contributed by atoms with Gasteiger partial charge in [-0.25, -0.2) is 4.99 Å². The van der Waals surface area contributed by atoms with Gasteiger partial charge in [0.1, 0.15) is 11.4 Å². The number of para-hydroxylation sites is 1. The molecule has 0 amide bonds. The molecular formula is C23H31N3O3. The van der Waals surface area contributed by atoms with Gasteiger partial charge in [0.2, 0.25) is 0 Å². The van der Waals surface area contributed by atoms with Crippen molar-refractivity contribution in [1.82, 2.24) is 10.6 Å². The number of ether oxygens (including phenoxy) is 3. The number of methoxy groups -OCH3 is 2. The number of nitrogens with one attached hydrogen (secondary N) is 2. The van der Waals surface area contributed by atoms with Gasteiger partial charge in [0.05, 0.1) is 26.8 Å². The fourth-order valence-corrected chi connectivity index (χ4v) is 3.57. The molecule has 2 aromatic carbocycles. The molecule has 0 saturated carbocycles. The first-order valence-electron chi connectivity index (χ1n) is 9.99. The number of nitrogens with zero attached hydrogens (tertiary/aromatic N) is 1. The predicted molar refractivity (Wildman–Crippen MR) is 116 cm³/mol. The summed E-state index contributed by atoms with van der Waals surface area (Å²) in [4.78, 5) is 4.79. The summed E-state index contributed by atoms with van der Waals surface area (Å²) in [6, 6.07) is 14.2. The third kappa shape index (κ3) is 5.13. The molecule has 1 aliphatic heterocycles. The maximum Gasteiger partial charge on any atom is 0.192 e. The van der Waals surface area contributed by atoms with Crippen LogP contribution in [0.15, 0.2) is 47.5 Å². The average molecular weight is 398 g/mol. The lowest BCUT2D eigenvalue weighted by Gasteiger charge is -2.38. The van der Waals surface area contributed by atoms with Crippen molar-refractivity contribution in [1.29, 1.82) is 0 Å². The lowest BCUT2D eigenvalue weighted by atomic mass is 9.90. The monoisotopic (exact) mass is 397 g/mol. The standard InChI is InChI=1S/C23H31N3O3/c1-6-24-22(25-15-16-11-12-20(27-4)21(13-16)28-5)26-18-14-23(2,3)29-19-10-8-7-9-17(18)19/h7-13,18H,6,14-15H2,1-5H3,(H2,24,25,26). The van der Waals surface area contributed by atoms with Crippen LogP contribution in [-0.4, -0.2) is 32.3 Å². The molecule has 0 saturated heterocycles. The quantitative estimate of drug-likeness (QED) is 0.568. The molecule has 2 N–H and O–H groups in total. The molecule has 0 radical (unpaired) electrons. The molecule has 6 heteroatoms. The fourth-order valence-electron chi connectivity index (χ4n) is 3.57. The van der Waals surface area contributed by atoms with Gasteiger partial charge in [-0.05, 0) is 44.5 Å². The fraction of sp³-hybridized carbons (Fsp3) is 0.435. The molecule has 0 spiro atoms. The van der Waals surface area contributed by atoms with Crippen LogP contribution in [0.2, 0.25) is 0 Å². The summed E-state index contributed by atoms with van der Waals surface area (Å²) >= 11 is 0. The van der Waals surface area contributed by atoms with Crippen LogP contribution in [-0.2, 0) is 6.54 Å². The summed E-state index contributed by atoms with van der Waals surface area (Å²) in [5.41, 5.74) is 1.96. The van der Waals surface area contributed by atoms with Crippen molar-refractivity contribution in [2.24, 2.45) is 4.99 Å². The first-order valence-corrected chi connectivity index (χ1v) is 9.99. The second-order valence-corrected chi connectivity index (χ2v) is 7.69. The Bertz CT molecular complexity index is 864. The number of rotatable bonds is 6. The van der Waals surface area contributed by atoms with Crippen molar-refractivity contribution in [3.63, 3.8) is 0 Å². The molecular weight excluding hydrogens is 366 g/mol. The maximum atomic E-state index is 6.14. The van der Waals surface area contributed by atoms with E-state index in [1.807, 2.05) is 36.4 Å². The zero-order valence-corrected chi connectivity index (χ0v) is 17.9. The van der Waals surface area contributed by atoms with Crippen LogP contribution in [0.1, 0.15) is 44.4 Å². The highest BCUT2D eigenvalue weighted by Crippen LogP contribution is 2.39. The Morgan fingerprint density at radius 1 is 1.14 bits per heavy atom. The van der Waals surface area contributed by atoms with Gasteiger partial charge in [-0.2, -0.15) is 0 Å². The Labute approximate surface area is 173 Å². The van der Waals surface area contributed by atoms with E-state index >= 15 is 0 Å². The molecule has 1 heterocycles. The van der Waals surface area contributed by atoms with Crippen LogP contribution < -0.4 is 24.8 Å². The van der Waals surface area contributed by atoms with Crippen molar-refractivity contribution >= 4 is 5.96 Å². The second-order valence-electron chi connectivity index (χ2n) is 7.69. The zero-order valence-electron chi connectivity index (χ0n) is 17.9. The van der Waals surface area contributed by atoms with Crippen LogP contribution in [0.3, 0.4) is 0 Å². The summed E-state index contributed by atoms with van der Waals surface area (Å²) in [5.74, 6) is 3.13. The van der Waals surface area contributed by atoms with Crippen LogP contribution >= 0.6 is 0 Å². The van der Waals surface area contributed by atoms with E-state index in [-0.39, 0.29) is 11.6 Å². The summed E-state index contributed by atoms with van der Waals surface area (Å²) < 4.78 is 16.8. The molecule has 156 valence electrons. The van der Waals surface area contributed by atoms with E-state index in [4.69, 9.17) is 19.2 Å². The SMILES string of the molecule is CCNC(=NCc1ccc(OC)c(OC)c1)NC1CC(C)(C)Oc2ccccc21. The van der Waals surface area contributed by atoms with E-state index < -0.39 is 0 Å². The van der Waals surface area contributed by atoms with E-state index in [2.05, 4.69) is 37.5 Å². The highest BCUT2D eigenvalue weighted by Gasteiger charge is 2.33. The van der Waals surface area contributed by atoms with Crippen LogP contribution in [0.5, 0.6) is 17.2 Å². The molecule has 29 heavy (non-hydrogen) atoms. The smallest absolute Gasteiger partial charge is 0.192 e.